The molecule has 5 rings (SSSR count). The highest BCUT2D eigenvalue weighted by atomic mass is 32.2. The molecule has 1 aliphatic carbocycles. The van der Waals surface area contributed by atoms with Gasteiger partial charge in [-0.1, -0.05) is 0 Å². The van der Waals surface area contributed by atoms with E-state index < -0.39 is 10.0 Å². The fourth-order valence-electron chi connectivity index (χ4n) is 4.23. The smallest absolute Gasteiger partial charge is 0.240 e. The Morgan fingerprint density at radius 1 is 1.21 bits per heavy atom. The van der Waals surface area contributed by atoms with E-state index in [0.29, 0.717) is 12.0 Å². The Morgan fingerprint density at radius 2 is 2.03 bits per heavy atom. The van der Waals surface area contributed by atoms with Gasteiger partial charge in [-0.2, -0.15) is 5.26 Å². The summed E-state index contributed by atoms with van der Waals surface area (Å²) in [5.74, 6) is 1.88. The van der Waals surface area contributed by atoms with Gasteiger partial charge >= 0.3 is 0 Å². The van der Waals surface area contributed by atoms with Crippen molar-refractivity contribution in [2.24, 2.45) is 0 Å². The zero-order valence-electron chi connectivity index (χ0n) is 15.5. The van der Waals surface area contributed by atoms with Gasteiger partial charge in [-0.25, -0.2) is 18.1 Å². The van der Waals surface area contributed by atoms with Gasteiger partial charge < -0.3 is 5.32 Å². The number of hydrogen-bond donors (Lipinski definition) is 2. The van der Waals surface area contributed by atoms with Gasteiger partial charge in [-0.15, -0.1) is 10.2 Å². The summed E-state index contributed by atoms with van der Waals surface area (Å²) in [5.41, 5.74) is 2.24. The Labute approximate surface area is 167 Å². The number of aromatic nitrogens is 4. The first-order chi connectivity index (χ1) is 14.0. The minimum Gasteiger partial charge on any atom is -0.368 e. The van der Waals surface area contributed by atoms with Gasteiger partial charge in [0.1, 0.15) is 11.6 Å². The van der Waals surface area contributed by atoms with E-state index in [4.69, 9.17) is 5.26 Å². The van der Waals surface area contributed by atoms with Gasteiger partial charge in [0.05, 0.1) is 28.4 Å². The van der Waals surface area contributed by atoms with E-state index in [1.54, 1.807) is 6.20 Å². The molecular formula is C19H19N7O2S. The van der Waals surface area contributed by atoms with Crippen LogP contribution in [0.5, 0.6) is 0 Å². The Morgan fingerprint density at radius 3 is 2.83 bits per heavy atom. The summed E-state index contributed by atoms with van der Waals surface area (Å²) >= 11 is 0. The second kappa shape index (κ2) is 6.79. The molecule has 0 saturated heterocycles. The van der Waals surface area contributed by atoms with Crippen molar-refractivity contribution in [1.82, 2.24) is 24.3 Å². The van der Waals surface area contributed by atoms with Crippen molar-refractivity contribution in [2.45, 2.75) is 42.5 Å². The molecular weight excluding hydrogens is 390 g/mol. The molecule has 148 valence electrons. The standard InChI is InChI=1S/C19H19N7O2S/c20-10-12-1-5-15(6-2-12)29(27,28)25-14-4-3-13(9-14)19-24-23-17-11-22-18-16(26(17)19)7-8-21-18/h1-2,5-6,11,13-14,21,25H,3-4,7-9H2/t13-,14+/m1/s1. The molecule has 3 heterocycles. The van der Waals surface area contributed by atoms with Gasteiger partial charge in [-0.3, -0.25) is 4.40 Å². The van der Waals surface area contributed by atoms with Crippen molar-refractivity contribution in [3.8, 4) is 6.07 Å². The lowest BCUT2D eigenvalue weighted by atomic mass is 10.1. The van der Waals surface area contributed by atoms with E-state index in [9.17, 15) is 8.42 Å². The van der Waals surface area contributed by atoms with Gasteiger partial charge in [0, 0.05) is 24.9 Å². The summed E-state index contributed by atoms with van der Waals surface area (Å²) in [7, 11) is -3.64. The molecule has 0 spiro atoms. The molecule has 1 aliphatic heterocycles. The van der Waals surface area contributed by atoms with Crippen LogP contribution in [0.25, 0.3) is 5.65 Å². The monoisotopic (exact) mass is 409 g/mol. The number of rotatable bonds is 4. The van der Waals surface area contributed by atoms with Crippen LogP contribution in [0.15, 0.2) is 35.4 Å². The van der Waals surface area contributed by atoms with Crippen LogP contribution in [0, 0.1) is 11.3 Å². The molecule has 1 fully saturated rings. The maximum atomic E-state index is 12.7. The molecule has 0 amide bonds. The fourth-order valence-corrected chi connectivity index (χ4v) is 5.52. The summed E-state index contributed by atoms with van der Waals surface area (Å²) in [6.45, 7) is 0.844. The van der Waals surface area contributed by atoms with Crippen molar-refractivity contribution in [2.75, 3.05) is 11.9 Å². The van der Waals surface area contributed by atoms with Crippen molar-refractivity contribution >= 4 is 21.5 Å². The third kappa shape index (κ3) is 3.12. The molecule has 3 aromatic rings. The quantitative estimate of drug-likeness (QED) is 0.670. The maximum Gasteiger partial charge on any atom is 0.240 e. The summed E-state index contributed by atoms with van der Waals surface area (Å²) in [6.07, 6.45) is 4.83. The van der Waals surface area contributed by atoms with E-state index in [-0.39, 0.29) is 16.9 Å². The number of nitrogens with one attached hydrogen (secondary N) is 2. The molecule has 0 bridgehead atoms. The minimum atomic E-state index is -3.64. The first-order valence-electron chi connectivity index (χ1n) is 9.54. The Bertz CT molecular complexity index is 1230. The highest BCUT2D eigenvalue weighted by Gasteiger charge is 2.33. The normalized spacial score (nSPS) is 21.1. The van der Waals surface area contributed by atoms with Gasteiger partial charge in [0.25, 0.3) is 0 Å². The second-order valence-corrected chi connectivity index (χ2v) is 9.16. The second-order valence-electron chi connectivity index (χ2n) is 7.45. The van der Waals surface area contributed by atoms with Crippen LogP contribution in [0.1, 0.15) is 42.3 Å². The highest BCUT2D eigenvalue weighted by Crippen LogP contribution is 2.35. The fraction of sp³-hybridized carbons (Fsp3) is 0.368. The van der Waals surface area contributed by atoms with Crippen LogP contribution < -0.4 is 10.0 Å². The van der Waals surface area contributed by atoms with Gasteiger partial charge in [0.2, 0.25) is 10.0 Å². The summed E-state index contributed by atoms with van der Waals surface area (Å²) in [4.78, 5) is 4.56. The summed E-state index contributed by atoms with van der Waals surface area (Å²) in [5, 5.41) is 20.8. The number of fused-ring (bicyclic) bond motifs is 3. The van der Waals surface area contributed by atoms with Crippen molar-refractivity contribution < 1.29 is 8.42 Å². The van der Waals surface area contributed by atoms with E-state index in [2.05, 4.69) is 29.6 Å². The molecule has 1 saturated carbocycles. The molecule has 0 unspecified atom stereocenters. The zero-order chi connectivity index (χ0) is 20.0. The van der Waals surface area contributed by atoms with E-state index in [0.717, 1.165) is 48.8 Å². The first kappa shape index (κ1) is 18.0. The maximum absolute atomic E-state index is 12.7. The van der Waals surface area contributed by atoms with Crippen molar-refractivity contribution in [1.29, 1.82) is 5.26 Å². The minimum absolute atomic E-state index is 0.130. The molecule has 2 atom stereocenters. The topological polar surface area (TPSA) is 125 Å². The van der Waals surface area contributed by atoms with E-state index in [1.165, 1.54) is 24.3 Å². The predicted octanol–water partition coefficient (Wildman–Crippen LogP) is 1.58. The number of nitriles is 1. The van der Waals surface area contributed by atoms with E-state index >= 15 is 0 Å². The summed E-state index contributed by atoms with van der Waals surface area (Å²) in [6, 6.07) is 7.77. The largest absolute Gasteiger partial charge is 0.368 e. The molecule has 2 aromatic heterocycles. The van der Waals surface area contributed by atoms with Crippen LogP contribution >= 0.6 is 0 Å². The third-order valence-corrected chi connectivity index (χ3v) is 7.17. The van der Waals surface area contributed by atoms with Gasteiger partial charge in [-0.05, 0) is 43.5 Å². The molecule has 10 heteroatoms. The number of nitrogens with zero attached hydrogens (tertiary/aromatic N) is 5. The Hall–Kier alpha value is -3.03. The summed E-state index contributed by atoms with van der Waals surface area (Å²) < 4.78 is 30.3. The highest BCUT2D eigenvalue weighted by molar-refractivity contribution is 7.89. The molecule has 9 nitrogen and oxygen atoms in total. The zero-order valence-corrected chi connectivity index (χ0v) is 16.4. The average Bonchev–Trinajstić information content (AvgIpc) is 3.45. The van der Waals surface area contributed by atoms with E-state index in [1.807, 2.05) is 6.07 Å². The molecule has 1 aromatic carbocycles. The van der Waals surface area contributed by atoms with Crippen molar-refractivity contribution in [3.05, 3.63) is 47.5 Å². The molecule has 2 aliphatic rings. The molecule has 0 radical (unpaired) electrons. The Balaban J connectivity index is 1.36. The van der Waals surface area contributed by atoms with Crippen LogP contribution in [0.3, 0.4) is 0 Å². The van der Waals surface area contributed by atoms with Crippen LogP contribution in [-0.2, 0) is 16.4 Å². The van der Waals surface area contributed by atoms with Crippen LogP contribution in [-0.4, -0.2) is 40.6 Å². The van der Waals surface area contributed by atoms with Crippen LogP contribution in [0.4, 0.5) is 5.82 Å². The molecule has 2 N–H and O–H groups in total. The lowest BCUT2D eigenvalue weighted by Crippen LogP contribution is -2.33. The third-order valence-electron chi connectivity index (χ3n) is 5.63. The Kier molecular flexibility index (Phi) is 4.22. The lowest BCUT2D eigenvalue weighted by molar-refractivity contribution is 0.546. The SMILES string of the molecule is N#Cc1ccc(S(=O)(=O)N[C@H]2CC[C@@H](c3nnc4cnc5c(n34)CCN5)C2)cc1. The van der Waals surface area contributed by atoms with Crippen molar-refractivity contribution in [3.63, 3.8) is 0 Å². The number of sulfonamides is 1. The predicted molar refractivity (Wildman–Crippen MR) is 105 cm³/mol. The van der Waals surface area contributed by atoms with Crippen LogP contribution in [0.2, 0.25) is 0 Å². The number of benzene rings is 1. The average molecular weight is 409 g/mol. The first-order valence-corrected chi connectivity index (χ1v) is 11.0. The molecule has 29 heavy (non-hydrogen) atoms. The van der Waals surface area contributed by atoms with Gasteiger partial charge in [0.15, 0.2) is 5.65 Å². The number of hydrogen-bond acceptors (Lipinski definition) is 7. The number of anilines is 1. The lowest BCUT2D eigenvalue weighted by Gasteiger charge is -2.14.